The molecule has 26 heavy (non-hydrogen) atoms. The lowest BCUT2D eigenvalue weighted by Crippen LogP contribution is -2.29. The number of nitrogens with one attached hydrogen (secondary N) is 2. The van der Waals surface area contributed by atoms with Crippen LogP contribution in [-0.4, -0.2) is 27.1 Å². The first-order chi connectivity index (χ1) is 12.6. The largest absolute Gasteiger partial charge is 0.298 e. The van der Waals surface area contributed by atoms with Crippen LogP contribution in [0.1, 0.15) is 23.4 Å². The number of pyridine rings is 1. The summed E-state index contributed by atoms with van der Waals surface area (Å²) >= 11 is 1.52. The first kappa shape index (κ1) is 18.1. The molecule has 0 aliphatic rings. The Morgan fingerprint density at radius 2 is 1.92 bits per heavy atom. The molecule has 1 amide bonds. The molecule has 2 N–H and O–H groups in total. The Morgan fingerprint density at radius 1 is 1.15 bits per heavy atom. The van der Waals surface area contributed by atoms with Crippen molar-refractivity contribution in [1.82, 2.24) is 20.4 Å². The number of hydrogen-bond acceptors (Lipinski definition) is 6. The Bertz CT molecular complexity index is 916. The highest BCUT2D eigenvalue weighted by Gasteiger charge is 2.11. The van der Waals surface area contributed by atoms with Gasteiger partial charge in [-0.1, -0.05) is 23.9 Å². The SMILES string of the molecule is CSc1nc(C)c(CCC(=O)NNc2cccc3cnccc23)c(C)n1. The van der Waals surface area contributed by atoms with Gasteiger partial charge in [0.2, 0.25) is 5.91 Å². The van der Waals surface area contributed by atoms with E-state index >= 15 is 0 Å². The van der Waals surface area contributed by atoms with E-state index in [-0.39, 0.29) is 5.91 Å². The highest BCUT2D eigenvalue weighted by molar-refractivity contribution is 7.98. The molecular formula is C19H21N5OS. The third-order valence-corrected chi connectivity index (χ3v) is 4.75. The smallest absolute Gasteiger partial charge is 0.238 e. The van der Waals surface area contributed by atoms with Crippen LogP contribution in [0.25, 0.3) is 10.8 Å². The number of fused-ring (bicyclic) bond motifs is 1. The molecule has 0 fully saturated rings. The molecular weight excluding hydrogens is 346 g/mol. The molecule has 3 rings (SSSR count). The van der Waals surface area contributed by atoms with Gasteiger partial charge in [0.25, 0.3) is 0 Å². The van der Waals surface area contributed by atoms with Crippen LogP contribution in [0.4, 0.5) is 5.69 Å². The zero-order chi connectivity index (χ0) is 18.5. The molecule has 3 aromatic rings. The Balaban J connectivity index is 1.61. The van der Waals surface area contributed by atoms with E-state index in [1.54, 1.807) is 12.4 Å². The summed E-state index contributed by atoms with van der Waals surface area (Å²) in [5.41, 5.74) is 9.53. The summed E-state index contributed by atoms with van der Waals surface area (Å²) in [6.07, 6.45) is 6.46. The summed E-state index contributed by atoms with van der Waals surface area (Å²) in [6.45, 7) is 3.92. The van der Waals surface area contributed by atoms with E-state index in [2.05, 4.69) is 25.8 Å². The number of carbonyl (C=O) groups excluding carboxylic acids is 1. The average Bonchev–Trinajstić information content (AvgIpc) is 2.65. The summed E-state index contributed by atoms with van der Waals surface area (Å²) in [6, 6.07) is 7.75. The Kier molecular flexibility index (Phi) is 5.68. The summed E-state index contributed by atoms with van der Waals surface area (Å²) in [4.78, 5) is 25.3. The fraction of sp³-hybridized carbons (Fsp3) is 0.263. The monoisotopic (exact) mass is 367 g/mol. The quantitative estimate of drug-likeness (QED) is 0.395. The van der Waals surface area contributed by atoms with E-state index in [0.29, 0.717) is 12.8 Å². The zero-order valence-corrected chi connectivity index (χ0v) is 15.9. The van der Waals surface area contributed by atoms with Crippen LogP contribution in [0.3, 0.4) is 0 Å². The molecule has 0 aliphatic heterocycles. The normalized spacial score (nSPS) is 10.7. The van der Waals surface area contributed by atoms with Gasteiger partial charge in [0.15, 0.2) is 5.16 Å². The van der Waals surface area contributed by atoms with Gasteiger partial charge in [0.1, 0.15) is 0 Å². The van der Waals surface area contributed by atoms with Crippen molar-refractivity contribution in [2.45, 2.75) is 31.8 Å². The van der Waals surface area contributed by atoms with Crippen LogP contribution in [0, 0.1) is 13.8 Å². The van der Waals surface area contributed by atoms with Gasteiger partial charge in [-0.05, 0) is 44.2 Å². The molecule has 0 spiro atoms. The molecule has 0 bridgehead atoms. The highest BCUT2D eigenvalue weighted by Crippen LogP contribution is 2.21. The molecule has 0 saturated heterocycles. The van der Waals surface area contributed by atoms with Crippen LogP contribution in [0.2, 0.25) is 0 Å². The van der Waals surface area contributed by atoms with Crippen molar-refractivity contribution in [3.8, 4) is 0 Å². The zero-order valence-electron chi connectivity index (χ0n) is 15.0. The van der Waals surface area contributed by atoms with Crippen LogP contribution in [0.15, 0.2) is 41.8 Å². The molecule has 0 radical (unpaired) electrons. The van der Waals surface area contributed by atoms with E-state index in [0.717, 1.165) is 38.6 Å². The van der Waals surface area contributed by atoms with Gasteiger partial charge in [-0.25, -0.2) is 9.97 Å². The predicted molar refractivity (Wildman–Crippen MR) is 105 cm³/mol. The minimum atomic E-state index is -0.0798. The maximum atomic E-state index is 12.2. The third-order valence-electron chi connectivity index (χ3n) is 4.20. The lowest BCUT2D eigenvalue weighted by Gasteiger charge is -2.12. The number of aromatic nitrogens is 3. The van der Waals surface area contributed by atoms with E-state index in [1.165, 1.54) is 11.8 Å². The fourth-order valence-electron chi connectivity index (χ4n) is 2.83. The van der Waals surface area contributed by atoms with E-state index < -0.39 is 0 Å². The van der Waals surface area contributed by atoms with E-state index in [9.17, 15) is 4.79 Å². The number of hydrazine groups is 1. The molecule has 7 heteroatoms. The van der Waals surface area contributed by atoms with Crippen LogP contribution in [0.5, 0.6) is 0 Å². The van der Waals surface area contributed by atoms with Gasteiger partial charge < -0.3 is 0 Å². The van der Waals surface area contributed by atoms with Crippen molar-refractivity contribution in [3.63, 3.8) is 0 Å². The first-order valence-electron chi connectivity index (χ1n) is 8.34. The van der Waals surface area contributed by atoms with Gasteiger partial charge in [0, 0.05) is 41.0 Å². The highest BCUT2D eigenvalue weighted by atomic mass is 32.2. The topological polar surface area (TPSA) is 79.8 Å². The van der Waals surface area contributed by atoms with Gasteiger partial charge in [-0.15, -0.1) is 0 Å². The van der Waals surface area contributed by atoms with Gasteiger partial charge in [-0.3, -0.25) is 20.6 Å². The number of rotatable bonds is 6. The molecule has 1 aromatic carbocycles. The molecule has 6 nitrogen and oxygen atoms in total. The maximum absolute atomic E-state index is 12.2. The van der Waals surface area contributed by atoms with Gasteiger partial charge in [0.05, 0.1) is 5.69 Å². The second-order valence-electron chi connectivity index (χ2n) is 5.94. The second-order valence-corrected chi connectivity index (χ2v) is 6.71. The minimum absolute atomic E-state index is 0.0798. The minimum Gasteiger partial charge on any atom is -0.298 e. The number of benzene rings is 1. The van der Waals surface area contributed by atoms with Crippen molar-refractivity contribution in [2.75, 3.05) is 11.7 Å². The lowest BCUT2D eigenvalue weighted by molar-refractivity contribution is -0.120. The van der Waals surface area contributed by atoms with Crippen LogP contribution in [-0.2, 0) is 11.2 Å². The molecule has 0 atom stereocenters. The van der Waals surface area contributed by atoms with Crippen molar-refractivity contribution >= 4 is 34.1 Å². The van der Waals surface area contributed by atoms with E-state index in [4.69, 9.17) is 0 Å². The van der Waals surface area contributed by atoms with Gasteiger partial charge in [-0.2, -0.15) is 0 Å². The molecule has 0 aliphatic carbocycles. The van der Waals surface area contributed by atoms with E-state index in [1.807, 2.05) is 44.4 Å². The van der Waals surface area contributed by atoms with Crippen LogP contribution >= 0.6 is 11.8 Å². The number of aryl methyl sites for hydroxylation is 2. The lowest BCUT2D eigenvalue weighted by atomic mass is 10.1. The number of amides is 1. The summed E-state index contributed by atoms with van der Waals surface area (Å²) < 4.78 is 0. The Morgan fingerprint density at radius 3 is 2.65 bits per heavy atom. The summed E-state index contributed by atoms with van der Waals surface area (Å²) in [7, 11) is 0. The molecule has 2 aromatic heterocycles. The number of nitrogens with zero attached hydrogens (tertiary/aromatic N) is 3. The molecule has 0 saturated carbocycles. The summed E-state index contributed by atoms with van der Waals surface area (Å²) in [5.74, 6) is -0.0798. The fourth-order valence-corrected chi connectivity index (χ4v) is 3.29. The van der Waals surface area contributed by atoms with Crippen molar-refractivity contribution in [2.24, 2.45) is 0 Å². The number of thioether (sulfide) groups is 1. The Hall–Kier alpha value is -2.67. The van der Waals surface area contributed by atoms with Crippen LogP contribution < -0.4 is 10.9 Å². The molecule has 2 heterocycles. The average molecular weight is 367 g/mol. The Labute approximate surface area is 156 Å². The van der Waals surface area contributed by atoms with Gasteiger partial charge >= 0.3 is 0 Å². The molecule has 134 valence electrons. The van der Waals surface area contributed by atoms with Crippen molar-refractivity contribution in [3.05, 3.63) is 53.6 Å². The molecule has 0 unspecified atom stereocenters. The number of hydrogen-bond donors (Lipinski definition) is 2. The number of carbonyl (C=O) groups is 1. The maximum Gasteiger partial charge on any atom is 0.238 e. The number of anilines is 1. The standard InChI is InChI=1S/C19H21N5OS/c1-12-15(13(2)22-19(21-12)26-3)7-8-18(25)24-23-17-6-4-5-14-11-20-10-9-16(14)17/h4-6,9-11,23H,7-8H2,1-3H3,(H,24,25). The van der Waals surface area contributed by atoms with Crippen molar-refractivity contribution in [1.29, 1.82) is 0 Å². The third kappa shape index (κ3) is 4.11. The summed E-state index contributed by atoms with van der Waals surface area (Å²) in [5, 5.41) is 2.79. The predicted octanol–water partition coefficient (Wildman–Crippen LogP) is 3.44. The second kappa shape index (κ2) is 8.14. The van der Waals surface area contributed by atoms with Crippen molar-refractivity contribution < 1.29 is 4.79 Å². The first-order valence-corrected chi connectivity index (χ1v) is 9.56.